The molecule has 0 saturated heterocycles. The molecule has 0 bridgehead atoms. The third kappa shape index (κ3) is 8.05. The molecule has 11 nitrogen and oxygen atoms in total. The third-order valence-corrected chi connectivity index (χ3v) is 6.20. The highest BCUT2D eigenvalue weighted by Crippen LogP contribution is 2.22. The molecule has 34 heavy (non-hydrogen) atoms. The summed E-state index contributed by atoms with van der Waals surface area (Å²) in [5.41, 5.74) is 5.98. The molecule has 0 aliphatic heterocycles. The van der Waals surface area contributed by atoms with Crippen molar-refractivity contribution < 1.29 is 32.6 Å². The SMILES string of the molecule is COc1ccccc1S(=O)(=O)NC(CNC(=O)CCCCOc1ccc(C(=N)N)cc1)C(=O)O. The molecule has 0 spiro atoms. The Labute approximate surface area is 197 Å². The van der Waals surface area contributed by atoms with Crippen molar-refractivity contribution in [2.75, 3.05) is 20.3 Å². The number of nitrogens with two attached hydrogens (primary N) is 1. The number of unbranched alkanes of at least 4 members (excludes halogenated alkanes) is 1. The summed E-state index contributed by atoms with van der Waals surface area (Å²) in [6.45, 7) is -0.0509. The molecule has 6 N–H and O–H groups in total. The van der Waals surface area contributed by atoms with Gasteiger partial charge in [0.05, 0.1) is 13.7 Å². The fraction of sp³-hybridized carbons (Fsp3) is 0.318. The fourth-order valence-electron chi connectivity index (χ4n) is 2.88. The molecule has 0 aliphatic rings. The largest absolute Gasteiger partial charge is 0.495 e. The minimum atomic E-state index is -4.20. The van der Waals surface area contributed by atoms with Crippen LogP contribution in [0.3, 0.4) is 0 Å². The zero-order chi connectivity index (χ0) is 25.1. The Morgan fingerprint density at radius 2 is 1.79 bits per heavy atom. The summed E-state index contributed by atoms with van der Waals surface area (Å²) in [7, 11) is -2.89. The van der Waals surface area contributed by atoms with Gasteiger partial charge >= 0.3 is 5.97 Å². The average molecular weight is 493 g/mol. The van der Waals surface area contributed by atoms with Crippen molar-refractivity contribution in [3.63, 3.8) is 0 Å². The normalized spacial score (nSPS) is 11.9. The van der Waals surface area contributed by atoms with Crippen molar-refractivity contribution in [2.45, 2.75) is 30.2 Å². The first-order valence-corrected chi connectivity index (χ1v) is 11.8. The number of ether oxygens (including phenoxy) is 2. The van der Waals surface area contributed by atoms with E-state index in [2.05, 4.69) is 10.0 Å². The second-order valence-corrected chi connectivity index (χ2v) is 8.89. The van der Waals surface area contributed by atoms with E-state index in [1.807, 2.05) is 0 Å². The number of amides is 1. The van der Waals surface area contributed by atoms with Crippen LogP contribution >= 0.6 is 0 Å². The van der Waals surface area contributed by atoms with Crippen molar-refractivity contribution in [1.82, 2.24) is 10.0 Å². The number of carbonyl (C=O) groups is 2. The van der Waals surface area contributed by atoms with Crippen LogP contribution in [-0.4, -0.2) is 57.5 Å². The number of para-hydroxylation sites is 1. The first-order valence-electron chi connectivity index (χ1n) is 10.4. The number of aliphatic carboxylic acids is 1. The summed E-state index contributed by atoms with van der Waals surface area (Å²) in [6, 6.07) is 11.0. The predicted octanol–water partition coefficient (Wildman–Crippen LogP) is 1.08. The lowest BCUT2D eigenvalue weighted by atomic mass is 10.2. The molecular weight excluding hydrogens is 464 g/mol. The second kappa shape index (κ2) is 12.6. The molecule has 1 amide bonds. The highest BCUT2D eigenvalue weighted by molar-refractivity contribution is 7.89. The lowest BCUT2D eigenvalue weighted by molar-refractivity contribution is -0.138. The number of hydrogen-bond acceptors (Lipinski definition) is 7. The molecule has 1 unspecified atom stereocenters. The zero-order valence-corrected chi connectivity index (χ0v) is 19.4. The van der Waals surface area contributed by atoms with Crippen LogP contribution in [0.4, 0.5) is 0 Å². The number of sulfonamides is 1. The quantitative estimate of drug-likeness (QED) is 0.147. The van der Waals surface area contributed by atoms with Crippen LogP contribution < -0.4 is 25.2 Å². The molecule has 2 aromatic rings. The van der Waals surface area contributed by atoms with Gasteiger partial charge < -0.3 is 25.6 Å². The van der Waals surface area contributed by atoms with E-state index in [4.69, 9.17) is 20.6 Å². The minimum Gasteiger partial charge on any atom is -0.495 e. The smallest absolute Gasteiger partial charge is 0.323 e. The molecule has 12 heteroatoms. The Balaban J connectivity index is 1.77. The number of hydrogen-bond donors (Lipinski definition) is 5. The van der Waals surface area contributed by atoms with Crippen molar-refractivity contribution >= 4 is 27.7 Å². The van der Waals surface area contributed by atoms with Crippen LogP contribution in [0.2, 0.25) is 0 Å². The third-order valence-electron chi connectivity index (χ3n) is 4.69. The monoisotopic (exact) mass is 492 g/mol. The Bertz CT molecular complexity index is 1100. The van der Waals surface area contributed by atoms with Gasteiger partial charge in [0, 0.05) is 18.5 Å². The molecule has 0 aliphatic carbocycles. The molecule has 0 radical (unpaired) electrons. The molecule has 0 saturated carbocycles. The topological polar surface area (TPSA) is 181 Å². The summed E-state index contributed by atoms with van der Waals surface area (Å²) in [5.74, 6) is -1.19. The van der Waals surface area contributed by atoms with Crippen molar-refractivity contribution in [1.29, 1.82) is 5.41 Å². The van der Waals surface area contributed by atoms with Gasteiger partial charge in [-0.15, -0.1) is 0 Å². The van der Waals surface area contributed by atoms with E-state index in [0.29, 0.717) is 30.8 Å². The van der Waals surface area contributed by atoms with Crippen LogP contribution in [-0.2, 0) is 19.6 Å². The standard InChI is InChI=1S/C22H28N4O7S/c1-32-18-6-2-3-7-19(18)34(30,31)26-17(22(28)29)14-25-20(27)8-4-5-13-33-16-11-9-15(10-12-16)21(23)24/h2-3,6-7,9-12,17,26H,4-5,8,13-14H2,1H3,(H3,23,24)(H,25,27)(H,28,29). The Morgan fingerprint density at radius 3 is 2.41 bits per heavy atom. The van der Waals surface area contributed by atoms with Crippen molar-refractivity contribution in [3.8, 4) is 11.5 Å². The zero-order valence-electron chi connectivity index (χ0n) is 18.6. The summed E-state index contributed by atoms with van der Waals surface area (Å²) in [5, 5.41) is 19.2. The Kier molecular flexibility index (Phi) is 9.83. The number of rotatable bonds is 14. The van der Waals surface area contributed by atoms with Gasteiger partial charge in [0.25, 0.3) is 0 Å². The fourth-order valence-corrected chi connectivity index (χ4v) is 4.24. The molecular formula is C22H28N4O7S. The molecule has 2 rings (SSSR count). The van der Waals surface area contributed by atoms with Gasteiger partial charge in [-0.05, 0) is 49.2 Å². The molecule has 2 aromatic carbocycles. The van der Waals surface area contributed by atoms with E-state index in [9.17, 15) is 23.1 Å². The predicted molar refractivity (Wildman–Crippen MR) is 125 cm³/mol. The number of methoxy groups -OCH3 is 1. The number of nitrogen functional groups attached to an aromatic ring is 1. The number of nitrogens with one attached hydrogen (secondary N) is 3. The Morgan fingerprint density at radius 1 is 1.12 bits per heavy atom. The summed E-state index contributed by atoms with van der Waals surface area (Å²) < 4.78 is 37.8. The number of carboxylic acid groups (broad SMARTS) is 1. The van der Waals surface area contributed by atoms with Crippen LogP contribution in [0.15, 0.2) is 53.4 Å². The second-order valence-electron chi connectivity index (χ2n) is 7.21. The molecule has 1 atom stereocenters. The number of carbonyl (C=O) groups excluding carboxylic acids is 1. The van der Waals surface area contributed by atoms with Crippen molar-refractivity contribution in [3.05, 3.63) is 54.1 Å². The Hall–Kier alpha value is -3.64. The molecule has 184 valence electrons. The van der Waals surface area contributed by atoms with E-state index in [0.717, 1.165) is 0 Å². The van der Waals surface area contributed by atoms with Crippen LogP contribution in [0.1, 0.15) is 24.8 Å². The minimum absolute atomic E-state index is 0.0321. The number of amidine groups is 1. The van der Waals surface area contributed by atoms with E-state index >= 15 is 0 Å². The van der Waals surface area contributed by atoms with Crippen LogP contribution in [0.25, 0.3) is 0 Å². The first kappa shape index (κ1) is 26.6. The summed E-state index contributed by atoms with van der Waals surface area (Å²) in [4.78, 5) is 23.4. The van der Waals surface area contributed by atoms with Gasteiger partial charge in [-0.3, -0.25) is 15.0 Å². The van der Waals surface area contributed by atoms with E-state index in [-0.39, 0.29) is 22.9 Å². The maximum Gasteiger partial charge on any atom is 0.323 e. The maximum absolute atomic E-state index is 12.6. The maximum atomic E-state index is 12.6. The highest BCUT2D eigenvalue weighted by atomic mass is 32.2. The van der Waals surface area contributed by atoms with Crippen molar-refractivity contribution in [2.24, 2.45) is 5.73 Å². The number of carboxylic acids is 1. The number of benzene rings is 2. The summed E-state index contributed by atoms with van der Waals surface area (Å²) in [6.07, 6.45) is 1.19. The van der Waals surface area contributed by atoms with Crippen LogP contribution in [0.5, 0.6) is 11.5 Å². The van der Waals surface area contributed by atoms with Gasteiger partial charge in [0.2, 0.25) is 15.9 Å². The van der Waals surface area contributed by atoms with Crippen LogP contribution in [0, 0.1) is 5.41 Å². The van der Waals surface area contributed by atoms with E-state index in [1.165, 1.54) is 25.3 Å². The van der Waals surface area contributed by atoms with Gasteiger partial charge in [-0.1, -0.05) is 12.1 Å². The molecule has 0 aromatic heterocycles. The average Bonchev–Trinajstić information content (AvgIpc) is 2.81. The van der Waals surface area contributed by atoms with Gasteiger partial charge in [-0.2, -0.15) is 4.72 Å². The highest BCUT2D eigenvalue weighted by Gasteiger charge is 2.27. The van der Waals surface area contributed by atoms with Gasteiger partial charge in [-0.25, -0.2) is 8.42 Å². The van der Waals surface area contributed by atoms with Gasteiger partial charge in [0.15, 0.2) is 0 Å². The van der Waals surface area contributed by atoms with E-state index in [1.54, 1.807) is 30.3 Å². The van der Waals surface area contributed by atoms with Gasteiger partial charge in [0.1, 0.15) is 28.3 Å². The van der Waals surface area contributed by atoms with E-state index < -0.39 is 34.5 Å². The lowest BCUT2D eigenvalue weighted by Crippen LogP contribution is -2.48. The first-order chi connectivity index (χ1) is 16.1. The molecule has 0 fully saturated rings. The lowest BCUT2D eigenvalue weighted by Gasteiger charge is -2.17. The molecule has 0 heterocycles. The summed E-state index contributed by atoms with van der Waals surface area (Å²) >= 11 is 0.